The monoisotopic (exact) mass is 287 g/mol. The number of benzene rings is 1. The van der Waals surface area contributed by atoms with Crippen LogP contribution >= 0.6 is 0 Å². The van der Waals surface area contributed by atoms with Crippen molar-refractivity contribution in [2.24, 2.45) is 5.10 Å². The van der Waals surface area contributed by atoms with Crippen molar-refractivity contribution in [1.82, 2.24) is 10.3 Å². The van der Waals surface area contributed by atoms with Crippen molar-refractivity contribution >= 4 is 18.2 Å². The number of imide groups is 1. The molecule has 110 valence electrons. The Balaban J connectivity index is 1.81. The van der Waals surface area contributed by atoms with Crippen LogP contribution in [0.15, 0.2) is 29.4 Å². The van der Waals surface area contributed by atoms with E-state index in [2.05, 4.69) is 10.4 Å². The van der Waals surface area contributed by atoms with Crippen molar-refractivity contribution < 1.29 is 14.7 Å². The molecule has 0 unspecified atom stereocenters. The maximum absolute atomic E-state index is 12.5. The molecule has 0 atom stereocenters. The molecule has 1 saturated heterocycles. The highest BCUT2D eigenvalue weighted by molar-refractivity contribution is 6.07. The van der Waals surface area contributed by atoms with Crippen LogP contribution in [0, 0.1) is 0 Å². The third-order valence-electron chi connectivity index (χ3n) is 4.10. The van der Waals surface area contributed by atoms with E-state index in [9.17, 15) is 14.7 Å². The SMILES string of the molecule is O=C1NC2(CCCCC2)C(=O)N1N=Cc1ccccc1O. The Kier molecular flexibility index (Phi) is 3.37. The van der Waals surface area contributed by atoms with Gasteiger partial charge in [0.25, 0.3) is 5.91 Å². The van der Waals surface area contributed by atoms with Crippen LogP contribution in [0.1, 0.15) is 37.7 Å². The Bertz CT molecular complexity index is 606. The molecular formula is C15H17N3O3. The zero-order chi connectivity index (χ0) is 14.9. The topological polar surface area (TPSA) is 82.0 Å². The molecule has 1 heterocycles. The van der Waals surface area contributed by atoms with Gasteiger partial charge in [-0.2, -0.15) is 5.10 Å². The molecule has 1 aliphatic heterocycles. The molecule has 21 heavy (non-hydrogen) atoms. The Morgan fingerprint density at radius 2 is 1.90 bits per heavy atom. The van der Waals surface area contributed by atoms with Gasteiger partial charge in [0.2, 0.25) is 0 Å². The molecule has 2 fully saturated rings. The van der Waals surface area contributed by atoms with Gasteiger partial charge in [-0.3, -0.25) is 4.79 Å². The van der Waals surface area contributed by atoms with Gasteiger partial charge in [0.1, 0.15) is 11.3 Å². The minimum absolute atomic E-state index is 0.0562. The summed E-state index contributed by atoms with van der Waals surface area (Å²) in [7, 11) is 0. The molecule has 3 amide bonds. The maximum atomic E-state index is 12.5. The first-order valence-corrected chi connectivity index (χ1v) is 7.11. The lowest BCUT2D eigenvalue weighted by molar-refractivity contribution is -0.132. The number of urea groups is 1. The van der Waals surface area contributed by atoms with Crippen molar-refractivity contribution in [3.05, 3.63) is 29.8 Å². The number of aromatic hydroxyl groups is 1. The van der Waals surface area contributed by atoms with Gasteiger partial charge in [0.15, 0.2) is 0 Å². The van der Waals surface area contributed by atoms with Crippen molar-refractivity contribution in [3.8, 4) is 5.75 Å². The minimum Gasteiger partial charge on any atom is -0.507 e. The van der Waals surface area contributed by atoms with Crippen LogP contribution in [0.5, 0.6) is 5.75 Å². The summed E-state index contributed by atoms with van der Waals surface area (Å²) in [5.74, 6) is -0.237. The number of carbonyl (C=O) groups is 2. The van der Waals surface area contributed by atoms with E-state index in [1.807, 2.05) is 0 Å². The number of hydrogen-bond donors (Lipinski definition) is 2. The summed E-state index contributed by atoms with van der Waals surface area (Å²) < 4.78 is 0. The predicted molar refractivity (Wildman–Crippen MR) is 76.9 cm³/mol. The molecule has 2 aliphatic rings. The number of nitrogens with zero attached hydrogens (tertiary/aromatic N) is 2. The molecule has 0 bridgehead atoms. The van der Waals surface area contributed by atoms with E-state index < -0.39 is 11.6 Å². The molecule has 1 aromatic rings. The lowest BCUT2D eigenvalue weighted by atomic mass is 9.82. The molecule has 0 aromatic heterocycles. The number of phenolic OH excluding ortho intramolecular Hbond substituents is 1. The number of rotatable bonds is 2. The van der Waals surface area contributed by atoms with Crippen molar-refractivity contribution in [2.45, 2.75) is 37.6 Å². The van der Waals surface area contributed by atoms with Gasteiger partial charge in [-0.05, 0) is 25.0 Å². The summed E-state index contributed by atoms with van der Waals surface area (Å²) in [6, 6.07) is 6.13. The van der Waals surface area contributed by atoms with Gasteiger partial charge in [-0.25, -0.2) is 4.79 Å². The molecule has 1 aromatic carbocycles. The van der Waals surface area contributed by atoms with Crippen LogP contribution in [0.25, 0.3) is 0 Å². The predicted octanol–water partition coefficient (Wildman–Crippen LogP) is 1.98. The van der Waals surface area contributed by atoms with Crippen LogP contribution in [0.2, 0.25) is 0 Å². The third kappa shape index (κ3) is 2.37. The van der Waals surface area contributed by atoms with Gasteiger partial charge in [-0.15, -0.1) is 5.01 Å². The summed E-state index contributed by atoms with van der Waals surface area (Å²) in [6.45, 7) is 0. The molecule has 0 radical (unpaired) electrons. The first kappa shape index (κ1) is 13.6. The number of para-hydroxylation sites is 1. The standard InChI is InChI=1S/C15H17N3O3/c19-12-7-3-2-6-11(12)10-16-18-13(20)15(17-14(18)21)8-4-1-5-9-15/h2-3,6-7,10,19H,1,4-5,8-9H2,(H,17,21). The van der Waals surface area contributed by atoms with Crippen LogP contribution < -0.4 is 5.32 Å². The van der Waals surface area contributed by atoms with Crippen molar-refractivity contribution in [1.29, 1.82) is 0 Å². The van der Waals surface area contributed by atoms with E-state index in [-0.39, 0.29) is 11.7 Å². The fraction of sp³-hybridized carbons (Fsp3) is 0.400. The molecule has 1 aliphatic carbocycles. The molecule has 3 rings (SSSR count). The van der Waals surface area contributed by atoms with E-state index in [0.717, 1.165) is 24.3 Å². The van der Waals surface area contributed by atoms with Gasteiger partial charge in [0.05, 0.1) is 6.21 Å². The Morgan fingerprint density at radius 1 is 1.19 bits per heavy atom. The highest BCUT2D eigenvalue weighted by Gasteiger charge is 2.51. The summed E-state index contributed by atoms with van der Waals surface area (Å²) in [5, 5.41) is 17.3. The lowest BCUT2D eigenvalue weighted by Crippen LogP contribution is -2.48. The second kappa shape index (κ2) is 5.20. The molecule has 6 heteroatoms. The highest BCUT2D eigenvalue weighted by atomic mass is 16.3. The zero-order valence-corrected chi connectivity index (χ0v) is 11.6. The van der Waals surface area contributed by atoms with E-state index in [0.29, 0.717) is 18.4 Å². The number of amides is 3. The second-order valence-electron chi connectivity index (χ2n) is 5.49. The minimum atomic E-state index is -0.772. The second-order valence-corrected chi connectivity index (χ2v) is 5.49. The first-order valence-electron chi connectivity index (χ1n) is 7.11. The lowest BCUT2D eigenvalue weighted by Gasteiger charge is -2.29. The smallest absolute Gasteiger partial charge is 0.346 e. The van der Waals surface area contributed by atoms with E-state index in [4.69, 9.17) is 0 Å². The molecule has 6 nitrogen and oxygen atoms in total. The summed E-state index contributed by atoms with van der Waals surface area (Å²) >= 11 is 0. The molecule has 2 N–H and O–H groups in total. The summed E-state index contributed by atoms with van der Waals surface area (Å²) in [4.78, 5) is 24.4. The average Bonchev–Trinajstić information content (AvgIpc) is 2.70. The van der Waals surface area contributed by atoms with Crippen molar-refractivity contribution in [2.75, 3.05) is 0 Å². The fourth-order valence-electron chi connectivity index (χ4n) is 2.92. The normalized spacial score (nSPS) is 21.2. The van der Waals surface area contributed by atoms with E-state index in [1.165, 1.54) is 12.3 Å². The summed E-state index contributed by atoms with van der Waals surface area (Å²) in [5.41, 5.74) is -0.312. The number of hydrogen-bond acceptors (Lipinski definition) is 4. The van der Waals surface area contributed by atoms with Crippen LogP contribution in [-0.2, 0) is 4.79 Å². The van der Waals surface area contributed by atoms with Crippen molar-refractivity contribution in [3.63, 3.8) is 0 Å². The van der Waals surface area contributed by atoms with Crippen LogP contribution in [0.3, 0.4) is 0 Å². The quantitative estimate of drug-likeness (QED) is 0.644. The highest BCUT2D eigenvalue weighted by Crippen LogP contribution is 2.33. The van der Waals surface area contributed by atoms with Crippen LogP contribution in [0.4, 0.5) is 4.79 Å². The van der Waals surface area contributed by atoms with Crippen LogP contribution in [-0.4, -0.2) is 33.8 Å². The third-order valence-corrected chi connectivity index (χ3v) is 4.10. The number of hydrazone groups is 1. The number of nitrogens with one attached hydrogen (secondary N) is 1. The van der Waals surface area contributed by atoms with E-state index in [1.54, 1.807) is 18.2 Å². The number of carbonyl (C=O) groups excluding carboxylic acids is 2. The van der Waals surface area contributed by atoms with Gasteiger partial charge >= 0.3 is 6.03 Å². The fourth-order valence-corrected chi connectivity index (χ4v) is 2.92. The van der Waals surface area contributed by atoms with Gasteiger partial charge < -0.3 is 10.4 Å². The van der Waals surface area contributed by atoms with E-state index >= 15 is 0 Å². The first-order chi connectivity index (χ1) is 10.1. The Morgan fingerprint density at radius 3 is 2.62 bits per heavy atom. The molecule has 1 saturated carbocycles. The van der Waals surface area contributed by atoms with Gasteiger partial charge in [-0.1, -0.05) is 31.4 Å². The maximum Gasteiger partial charge on any atom is 0.346 e. The molecule has 1 spiro atoms. The average molecular weight is 287 g/mol. The Labute approximate surface area is 122 Å². The number of phenols is 1. The Hall–Kier alpha value is -2.37. The zero-order valence-electron chi connectivity index (χ0n) is 11.6. The molecular weight excluding hydrogens is 270 g/mol. The summed E-state index contributed by atoms with van der Waals surface area (Å²) in [6.07, 6.45) is 5.62. The van der Waals surface area contributed by atoms with Gasteiger partial charge in [0, 0.05) is 5.56 Å². The largest absolute Gasteiger partial charge is 0.507 e.